The Bertz CT molecular complexity index is 637. The zero-order valence-electron chi connectivity index (χ0n) is 15.1. The number of hydrogen-bond acceptors (Lipinski definition) is 1. The molecular formula is C21H29N. The van der Waals surface area contributed by atoms with Crippen LogP contribution in [0.3, 0.4) is 0 Å². The predicted octanol–water partition coefficient (Wildman–Crippen LogP) is 5.91. The molecule has 0 aliphatic carbocycles. The Kier molecular flexibility index (Phi) is 4.47. The number of nitrogens with zero attached hydrogens (tertiary/aromatic N) is 1. The molecule has 2 aromatic rings. The second-order valence-electron chi connectivity index (χ2n) is 8.16. The lowest BCUT2D eigenvalue weighted by molar-refractivity contribution is 0.569. The van der Waals surface area contributed by atoms with E-state index in [9.17, 15) is 0 Å². The highest BCUT2D eigenvalue weighted by Gasteiger charge is 2.18. The number of rotatable bonds is 2. The van der Waals surface area contributed by atoms with E-state index < -0.39 is 0 Å². The lowest BCUT2D eigenvalue weighted by Crippen LogP contribution is -2.13. The maximum atomic E-state index is 4.69. The smallest absolute Gasteiger partial charge is 0.0457 e. The molecule has 0 amide bonds. The molecule has 0 aliphatic rings. The summed E-state index contributed by atoms with van der Waals surface area (Å²) in [5, 5.41) is 0. The van der Waals surface area contributed by atoms with Crippen LogP contribution in [0.2, 0.25) is 0 Å². The maximum Gasteiger partial charge on any atom is 0.0457 e. The molecular weight excluding hydrogens is 266 g/mol. The SMILES string of the molecule is CCc1ccc(C(C)(C)C)cc1-c1ccc(C(C)(C)C)nc1. The van der Waals surface area contributed by atoms with Gasteiger partial charge in [0.2, 0.25) is 0 Å². The summed E-state index contributed by atoms with van der Waals surface area (Å²) in [5.41, 5.74) is 6.71. The van der Waals surface area contributed by atoms with Gasteiger partial charge in [0.1, 0.15) is 0 Å². The van der Waals surface area contributed by atoms with Crippen molar-refractivity contribution in [2.75, 3.05) is 0 Å². The average Bonchev–Trinajstić information content (AvgIpc) is 2.45. The highest BCUT2D eigenvalue weighted by Crippen LogP contribution is 2.31. The molecule has 0 bridgehead atoms. The number of benzene rings is 1. The minimum absolute atomic E-state index is 0.0966. The van der Waals surface area contributed by atoms with Gasteiger partial charge in [-0.15, -0.1) is 0 Å². The van der Waals surface area contributed by atoms with Crippen LogP contribution in [0.25, 0.3) is 11.1 Å². The largest absolute Gasteiger partial charge is 0.260 e. The van der Waals surface area contributed by atoms with Crippen molar-refractivity contribution in [3.63, 3.8) is 0 Å². The third-order valence-corrected chi connectivity index (χ3v) is 4.20. The Morgan fingerprint density at radius 1 is 0.864 bits per heavy atom. The van der Waals surface area contributed by atoms with Crippen LogP contribution in [0.4, 0.5) is 0 Å². The molecule has 0 fully saturated rings. The summed E-state index contributed by atoms with van der Waals surface area (Å²) in [6.07, 6.45) is 3.07. The lowest BCUT2D eigenvalue weighted by atomic mass is 9.83. The molecule has 0 unspecified atom stereocenters. The summed E-state index contributed by atoms with van der Waals surface area (Å²) in [6.45, 7) is 15.6. The fourth-order valence-electron chi connectivity index (χ4n) is 2.62. The predicted molar refractivity (Wildman–Crippen MR) is 96.5 cm³/mol. The van der Waals surface area contributed by atoms with Gasteiger partial charge < -0.3 is 0 Å². The first-order valence-electron chi connectivity index (χ1n) is 8.23. The molecule has 0 spiro atoms. The Hall–Kier alpha value is -1.63. The van der Waals surface area contributed by atoms with E-state index in [1.165, 1.54) is 22.3 Å². The van der Waals surface area contributed by atoms with Gasteiger partial charge in [-0.05, 0) is 34.6 Å². The van der Waals surface area contributed by atoms with E-state index in [1.807, 2.05) is 6.20 Å². The number of aryl methyl sites for hydroxylation is 1. The van der Waals surface area contributed by atoms with Crippen molar-refractivity contribution < 1.29 is 0 Å². The molecule has 0 aliphatic heterocycles. The number of aromatic nitrogens is 1. The van der Waals surface area contributed by atoms with Crippen LogP contribution in [0.1, 0.15) is 65.3 Å². The van der Waals surface area contributed by atoms with Crippen molar-refractivity contribution in [2.24, 2.45) is 0 Å². The summed E-state index contributed by atoms with van der Waals surface area (Å²) in [6, 6.07) is 11.3. The van der Waals surface area contributed by atoms with Gasteiger partial charge in [0.15, 0.2) is 0 Å². The summed E-state index contributed by atoms with van der Waals surface area (Å²) < 4.78 is 0. The highest BCUT2D eigenvalue weighted by atomic mass is 14.7. The molecule has 1 aromatic heterocycles. The van der Waals surface area contributed by atoms with Crippen molar-refractivity contribution in [3.8, 4) is 11.1 Å². The fraction of sp³-hybridized carbons (Fsp3) is 0.476. The second kappa shape index (κ2) is 5.87. The van der Waals surface area contributed by atoms with Crippen molar-refractivity contribution in [1.82, 2.24) is 4.98 Å². The first-order valence-corrected chi connectivity index (χ1v) is 8.23. The first-order chi connectivity index (χ1) is 10.1. The van der Waals surface area contributed by atoms with Gasteiger partial charge in [-0.1, -0.05) is 72.7 Å². The lowest BCUT2D eigenvalue weighted by Gasteiger charge is -2.22. The summed E-state index contributed by atoms with van der Waals surface area (Å²) in [4.78, 5) is 4.69. The molecule has 0 saturated heterocycles. The van der Waals surface area contributed by atoms with Crippen LogP contribution in [0.15, 0.2) is 36.5 Å². The normalized spacial score (nSPS) is 12.5. The van der Waals surface area contributed by atoms with Gasteiger partial charge in [0.05, 0.1) is 0 Å². The van der Waals surface area contributed by atoms with Gasteiger partial charge in [-0.3, -0.25) is 4.98 Å². The highest BCUT2D eigenvalue weighted by molar-refractivity contribution is 5.68. The van der Waals surface area contributed by atoms with Crippen molar-refractivity contribution >= 4 is 0 Å². The summed E-state index contributed by atoms with van der Waals surface area (Å²) >= 11 is 0. The van der Waals surface area contributed by atoms with Crippen LogP contribution < -0.4 is 0 Å². The third kappa shape index (κ3) is 3.58. The van der Waals surface area contributed by atoms with Gasteiger partial charge in [0, 0.05) is 22.9 Å². The molecule has 1 heterocycles. The molecule has 0 atom stereocenters. The zero-order chi connectivity index (χ0) is 16.5. The Morgan fingerprint density at radius 3 is 2.00 bits per heavy atom. The minimum Gasteiger partial charge on any atom is -0.260 e. The molecule has 1 nitrogen and oxygen atoms in total. The minimum atomic E-state index is 0.0966. The number of pyridine rings is 1. The van der Waals surface area contributed by atoms with Crippen LogP contribution in [-0.2, 0) is 17.3 Å². The van der Waals surface area contributed by atoms with E-state index in [1.54, 1.807) is 0 Å². The fourth-order valence-corrected chi connectivity index (χ4v) is 2.62. The maximum absolute atomic E-state index is 4.69. The monoisotopic (exact) mass is 295 g/mol. The van der Waals surface area contributed by atoms with E-state index in [2.05, 4.69) is 78.8 Å². The van der Waals surface area contributed by atoms with Crippen molar-refractivity contribution in [2.45, 2.75) is 65.7 Å². The van der Waals surface area contributed by atoms with E-state index in [4.69, 9.17) is 4.98 Å². The molecule has 1 heteroatoms. The van der Waals surface area contributed by atoms with E-state index in [-0.39, 0.29) is 10.8 Å². The van der Waals surface area contributed by atoms with Crippen LogP contribution in [-0.4, -0.2) is 4.98 Å². The Morgan fingerprint density at radius 2 is 1.55 bits per heavy atom. The first kappa shape index (κ1) is 16.7. The van der Waals surface area contributed by atoms with Crippen LogP contribution >= 0.6 is 0 Å². The van der Waals surface area contributed by atoms with E-state index in [0.29, 0.717) is 0 Å². The van der Waals surface area contributed by atoms with Gasteiger partial charge in [0.25, 0.3) is 0 Å². The average molecular weight is 295 g/mol. The molecule has 118 valence electrons. The third-order valence-electron chi connectivity index (χ3n) is 4.20. The standard InChI is InChI=1S/C21H29N/c1-8-15-9-11-17(20(2,3)4)13-18(15)16-10-12-19(22-14-16)21(5,6)7/h9-14H,8H2,1-7H3. The molecule has 0 radical (unpaired) electrons. The second-order valence-corrected chi connectivity index (χ2v) is 8.16. The van der Waals surface area contributed by atoms with Gasteiger partial charge in [-0.25, -0.2) is 0 Å². The Labute approximate surface area is 135 Å². The van der Waals surface area contributed by atoms with Crippen LogP contribution in [0, 0.1) is 0 Å². The van der Waals surface area contributed by atoms with Crippen molar-refractivity contribution in [3.05, 3.63) is 53.3 Å². The molecule has 22 heavy (non-hydrogen) atoms. The summed E-state index contributed by atoms with van der Waals surface area (Å²) in [5.74, 6) is 0. The van der Waals surface area contributed by atoms with E-state index in [0.717, 1.165) is 12.1 Å². The Balaban J connectivity index is 2.51. The van der Waals surface area contributed by atoms with E-state index >= 15 is 0 Å². The molecule has 1 aromatic carbocycles. The zero-order valence-corrected chi connectivity index (χ0v) is 15.1. The van der Waals surface area contributed by atoms with Gasteiger partial charge in [-0.2, -0.15) is 0 Å². The van der Waals surface area contributed by atoms with Crippen molar-refractivity contribution in [1.29, 1.82) is 0 Å². The molecule has 0 N–H and O–H groups in total. The van der Waals surface area contributed by atoms with Gasteiger partial charge >= 0.3 is 0 Å². The van der Waals surface area contributed by atoms with Crippen LogP contribution in [0.5, 0.6) is 0 Å². The molecule has 2 rings (SSSR count). The number of hydrogen-bond donors (Lipinski definition) is 0. The summed E-state index contributed by atoms with van der Waals surface area (Å²) in [7, 11) is 0. The topological polar surface area (TPSA) is 12.9 Å². The quantitative estimate of drug-likeness (QED) is 0.671. The molecule has 0 saturated carbocycles.